The van der Waals surface area contributed by atoms with E-state index in [1.54, 1.807) is 4.57 Å². The minimum atomic E-state index is -0.767. The molecule has 0 spiro atoms. The van der Waals surface area contributed by atoms with Crippen LogP contribution in [0.15, 0.2) is 11.4 Å². The zero-order valence-electron chi connectivity index (χ0n) is 14.0. The largest absolute Gasteiger partial charge is 0.394 e. The smallest absolute Gasteiger partial charge is 0.225 e. The summed E-state index contributed by atoms with van der Waals surface area (Å²) in [5.41, 5.74) is 6.21. The standard InChI is InChI=1S/C14H22N8O3S/c15-13(16)17-2-1-3-18-14-20-10-9(11(26)21-14)19-6-22(10)12-8(24)4-7(5-23)25-12/h6-8,12,23-24H,1-5H2,(H4,15,16,17)(H2,18,20,21,26)/t7-,8?,12+/m0/s1. The zero-order chi connectivity index (χ0) is 18.7. The maximum atomic E-state index is 10.2. The highest BCUT2D eigenvalue weighted by atomic mass is 32.1. The number of nitrogens with two attached hydrogens (primary N) is 1. The van der Waals surface area contributed by atoms with Crippen LogP contribution in [0.25, 0.3) is 11.2 Å². The predicted molar refractivity (Wildman–Crippen MR) is 97.2 cm³/mol. The molecule has 0 amide bonds. The van der Waals surface area contributed by atoms with Crippen molar-refractivity contribution >= 4 is 35.7 Å². The molecule has 3 atom stereocenters. The van der Waals surface area contributed by atoms with E-state index in [1.807, 2.05) is 0 Å². The molecule has 2 aromatic rings. The third kappa shape index (κ3) is 3.98. The van der Waals surface area contributed by atoms with Crippen LogP contribution in [0.5, 0.6) is 0 Å². The van der Waals surface area contributed by atoms with Crippen molar-refractivity contribution < 1.29 is 14.9 Å². The van der Waals surface area contributed by atoms with Gasteiger partial charge in [0.25, 0.3) is 0 Å². The van der Waals surface area contributed by atoms with Gasteiger partial charge in [0.1, 0.15) is 16.6 Å². The molecule has 1 unspecified atom stereocenters. The van der Waals surface area contributed by atoms with Crippen molar-refractivity contribution in [2.45, 2.75) is 36.3 Å². The lowest BCUT2D eigenvalue weighted by atomic mass is 10.2. The second-order valence-corrected chi connectivity index (χ2v) is 6.37. The van der Waals surface area contributed by atoms with Crippen molar-refractivity contribution in [2.24, 2.45) is 5.73 Å². The first-order valence-corrected chi connectivity index (χ1v) is 8.64. The molecular weight excluding hydrogens is 360 g/mol. The maximum absolute atomic E-state index is 10.2. The van der Waals surface area contributed by atoms with Gasteiger partial charge < -0.3 is 31.3 Å². The lowest BCUT2D eigenvalue weighted by molar-refractivity contribution is -0.0486. The number of aromatic nitrogens is 4. The SMILES string of the molecule is N=C(N)NCCCNc1nc(S)c2ncn([C@@H]3O[C@H](CO)CC3O)c2n1. The number of anilines is 1. The Morgan fingerprint density at radius 3 is 2.96 bits per heavy atom. The summed E-state index contributed by atoms with van der Waals surface area (Å²) in [7, 11) is 0. The first-order valence-electron chi connectivity index (χ1n) is 8.19. The number of imidazole rings is 1. The average molecular weight is 382 g/mol. The summed E-state index contributed by atoms with van der Waals surface area (Å²) >= 11 is 4.36. The van der Waals surface area contributed by atoms with Crippen molar-refractivity contribution in [3.63, 3.8) is 0 Å². The Bertz CT molecular complexity index is 785. The van der Waals surface area contributed by atoms with E-state index < -0.39 is 18.4 Å². The summed E-state index contributed by atoms with van der Waals surface area (Å²) in [5, 5.41) is 32.8. The number of hydrogen-bond donors (Lipinski definition) is 7. The normalized spacial score (nSPS) is 22.7. The van der Waals surface area contributed by atoms with E-state index in [-0.39, 0.29) is 12.6 Å². The van der Waals surface area contributed by atoms with Gasteiger partial charge >= 0.3 is 0 Å². The monoisotopic (exact) mass is 382 g/mol. The molecule has 0 saturated carbocycles. The molecule has 0 radical (unpaired) electrons. The van der Waals surface area contributed by atoms with Gasteiger partial charge in [-0.15, -0.1) is 12.6 Å². The highest BCUT2D eigenvalue weighted by Crippen LogP contribution is 2.31. The van der Waals surface area contributed by atoms with Gasteiger partial charge in [-0.2, -0.15) is 4.98 Å². The highest BCUT2D eigenvalue weighted by Gasteiger charge is 2.36. The van der Waals surface area contributed by atoms with Crippen LogP contribution in [-0.4, -0.2) is 67.6 Å². The van der Waals surface area contributed by atoms with Crippen LogP contribution in [-0.2, 0) is 4.74 Å². The number of ether oxygens (including phenoxy) is 1. The molecule has 3 heterocycles. The maximum Gasteiger partial charge on any atom is 0.225 e. The van der Waals surface area contributed by atoms with Gasteiger partial charge in [-0.1, -0.05) is 0 Å². The van der Waals surface area contributed by atoms with Crippen LogP contribution in [0.3, 0.4) is 0 Å². The van der Waals surface area contributed by atoms with Gasteiger partial charge in [0.15, 0.2) is 17.8 Å². The third-order valence-corrected chi connectivity index (χ3v) is 4.31. The van der Waals surface area contributed by atoms with E-state index in [0.717, 1.165) is 0 Å². The van der Waals surface area contributed by atoms with Crippen molar-refractivity contribution in [3.8, 4) is 0 Å². The molecule has 142 valence electrons. The van der Waals surface area contributed by atoms with Crippen molar-refractivity contribution in [2.75, 3.05) is 25.0 Å². The van der Waals surface area contributed by atoms with Crippen LogP contribution < -0.4 is 16.4 Å². The number of rotatable bonds is 7. The number of aliphatic hydroxyl groups is 2. The lowest BCUT2D eigenvalue weighted by Gasteiger charge is -2.16. The second-order valence-electron chi connectivity index (χ2n) is 5.95. The Balaban J connectivity index is 1.75. The second kappa shape index (κ2) is 8.03. The molecule has 0 aliphatic carbocycles. The van der Waals surface area contributed by atoms with E-state index in [0.29, 0.717) is 48.1 Å². The van der Waals surface area contributed by atoms with Crippen LogP contribution in [0.1, 0.15) is 19.1 Å². The van der Waals surface area contributed by atoms with Gasteiger partial charge in [-0.05, 0) is 6.42 Å². The minimum absolute atomic E-state index is 0.0690. The van der Waals surface area contributed by atoms with E-state index in [4.69, 9.17) is 15.9 Å². The molecule has 3 rings (SSSR count). The van der Waals surface area contributed by atoms with Gasteiger partial charge in [-0.25, -0.2) is 9.97 Å². The fourth-order valence-electron chi connectivity index (χ4n) is 2.78. The topological polar surface area (TPSA) is 167 Å². The number of nitrogens with zero attached hydrogens (tertiary/aromatic N) is 4. The summed E-state index contributed by atoms with van der Waals surface area (Å²) in [6.45, 7) is 0.970. The van der Waals surface area contributed by atoms with Crippen LogP contribution in [0.2, 0.25) is 0 Å². The molecule has 7 N–H and O–H groups in total. The first kappa shape index (κ1) is 18.6. The molecule has 1 aliphatic heterocycles. The molecule has 0 aromatic carbocycles. The van der Waals surface area contributed by atoms with Crippen molar-refractivity contribution in [1.29, 1.82) is 5.41 Å². The summed E-state index contributed by atoms with van der Waals surface area (Å²) in [4.78, 5) is 13.0. The van der Waals surface area contributed by atoms with Gasteiger partial charge in [-0.3, -0.25) is 9.98 Å². The van der Waals surface area contributed by atoms with Crippen molar-refractivity contribution in [1.82, 2.24) is 24.8 Å². The summed E-state index contributed by atoms with van der Waals surface area (Å²) in [6, 6.07) is 0. The number of aliphatic hydroxyl groups excluding tert-OH is 2. The number of hydrogen-bond acceptors (Lipinski definition) is 9. The fourth-order valence-corrected chi connectivity index (χ4v) is 3.03. The Labute approximate surface area is 154 Å². The van der Waals surface area contributed by atoms with Crippen molar-refractivity contribution in [3.05, 3.63) is 6.33 Å². The summed E-state index contributed by atoms with van der Waals surface area (Å²) in [5.74, 6) is 0.304. The first-order chi connectivity index (χ1) is 12.5. The zero-order valence-corrected chi connectivity index (χ0v) is 14.9. The van der Waals surface area contributed by atoms with Gasteiger partial charge in [0, 0.05) is 19.5 Å². The molecule has 1 fully saturated rings. The predicted octanol–water partition coefficient (Wildman–Crippen LogP) is -0.959. The minimum Gasteiger partial charge on any atom is -0.394 e. The number of thiol groups is 1. The van der Waals surface area contributed by atoms with E-state index >= 15 is 0 Å². The summed E-state index contributed by atoms with van der Waals surface area (Å²) < 4.78 is 7.29. The number of nitrogens with one attached hydrogen (secondary N) is 3. The lowest BCUT2D eigenvalue weighted by Crippen LogP contribution is -2.31. The molecule has 12 heteroatoms. The van der Waals surface area contributed by atoms with Gasteiger partial charge in [0.05, 0.1) is 19.0 Å². The molecule has 1 saturated heterocycles. The third-order valence-electron chi connectivity index (χ3n) is 4.00. The molecular formula is C14H22N8O3S. The molecule has 2 aromatic heterocycles. The molecule has 11 nitrogen and oxygen atoms in total. The van der Waals surface area contributed by atoms with E-state index in [2.05, 4.69) is 38.2 Å². The van der Waals surface area contributed by atoms with E-state index in [1.165, 1.54) is 6.33 Å². The summed E-state index contributed by atoms with van der Waals surface area (Å²) in [6.07, 6.45) is 0.715. The molecule has 26 heavy (non-hydrogen) atoms. The number of guanidine groups is 1. The van der Waals surface area contributed by atoms with Crippen LogP contribution in [0, 0.1) is 5.41 Å². The Hall–Kier alpha value is -2.15. The Kier molecular flexibility index (Phi) is 5.76. The van der Waals surface area contributed by atoms with Crippen LogP contribution >= 0.6 is 12.6 Å². The Morgan fingerprint density at radius 2 is 2.27 bits per heavy atom. The molecule has 0 bridgehead atoms. The quantitative estimate of drug-likeness (QED) is 0.105. The average Bonchev–Trinajstić information content (AvgIpc) is 3.17. The van der Waals surface area contributed by atoms with Crippen LogP contribution in [0.4, 0.5) is 5.95 Å². The Morgan fingerprint density at radius 1 is 1.46 bits per heavy atom. The van der Waals surface area contributed by atoms with E-state index in [9.17, 15) is 10.2 Å². The van der Waals surface area contributed by atoms with Gasteiger partial charge in [0.2, 0.25) is 5.95 Å². The highest BCUT2D eigenvalue weighted by molar-refractivity contribution is 7.80. The molecule has 1 aliphatic rings. The fraction of sp³-hybridized carbons (Fsp3) is 0.571. The number of fused-ring (bicyclic) bond motifs is 1.